The largest absolute Gasteiger partial charge is 0.486 e. The molecule has 6 nitrogen and oxygen atoms in total. The van der Waals surface area contributed by atoms with E-state index in [1.54, 1.807) is 36.2 Å². The summed E-state index contributed by atoms with van der Waals surface area (Å²) >= 11 is 0. The van der Waals surface area contributed by atoms with Crippen LogP contribution in [-0.2, 0) is 11.3 Å². The molecule has 0 saturated carbocycles. The molecule has 1 aliphatic heterocycles. The van der Waals surface area contributed by atoms with Crippen molar-refractivity contribution in [2.75, 3.05) is 26.8 Å². The van der Waals surface area contributed by atoms with Gasteiger partial charge in [-0.1, -0.05) is 24.3 Å². The number of carbonyl (C=O) groups excluding carboxylic acids is 2. The number of rotatable bonds is 5. The summed E-state index contributed by atoms with van der Waals surface area (Å²) in [4.78, 5) is 25.8. The van der Waals surface area contributed by atoms with Gasteiger partial charge >= 0.3 is 0 Å². The first kappa shape index (κ1) is 16.8. The lowest BCUT2D eigenvalue weighted by Crippen LogP contribution is -2.37. The number of hydrogen-bond donors (Lipinski definition) is 1. The molecule has 3 rings (SSSR count). The summed E-state index contributed by atoms with van der Waals surface area (Å²) in [6.07, 6.45) is 0. The average molecular weight is 340 g/mol. The van der Waals surface area contributed by atoms with E-state index in [0.29, 0.717) is 31.1 Å². The Morgan fingerprint density at radius 2 is 1.76 bits per heavy atom. The van der Waals surface area contributed by atoms with E-state index in [9.17, 15) is 9.59 Å². The Bertz CT molecular complexity index is 761. The first-order valence-corrected chi connectivity index (χ1v) is 8.09. The molecule has 0 radical (unpaired) electrons. The zero-order valence-corrected chi connectivity index (χ0v) is 14.0. The maximum absolute atomic E-state index is 12.2. The first-order chi connectivity index (χ1) is 12.1. The van der Waals surface area contributed by atoms with Crippen LogP contribution < -0.4 is 14.8 Å². The maximum Gasteiger partial charge on any atom is 0.251 e. The zero-order valence-electron chi connectivity index (χ0n) is 14.0. The van der Waals surface area contributed by atoms with Crippen LogP contribution in [0.1, 0.15) is 15.9 Å². The molecule has 6 heteroatoms. The lowest BCUT2D eigenvalue weighted by molar-refractivity contribution is -0.129. The molecule has 25 heavy (non-hydrogen) atoms. The third-order valence-electron chi connectivity index (χ3n) is 3.89. The lowest BCUT2D eigenvalue weighted by Gasteiger charge is -2.21. The second kappa shape index (κ2) is 7.70. The van der Waals surface area contributed by atoms with E-state index in [1.807, 2.05) is 24.3 Å². The van der Waals surface area contributed by atoms with Gasteiger partial charge in [-0.15, -0.1) is 0 Å². The van der Waals surface area contributed by atoms with Crippen LogP contribution in [-0.4, -0.2) is 43.5 Å². The fourth-order valence-electron chi connectivity index (χ4n) is 2.53. The average Bonchev–Trinajstić information content (AvgIpc) is 2.66. The minimum atomic E-state index is -0.262. The Kier molecular flexibility index (Phi) is 5.18. The van der Waals surface area contributed by atoms with Gasteiger partial charge in [-0.3, -0.25) is 9.59 Å². The summed E-state index contributed by atoms with van der Waals surface area (Å²) in [5.41, 5.74) is 1.47. The van der Waals surface area contributed by atoms with Gasteiger partial charge in [0, 0.05) is 19.2 Å². The Morgan fingerprint density at radius 1 is 1.04 bits per heavy atom. The molecule has 0 aliphatic carbocycles. The standard InChI is InChI=1S/C19H20N2O4/c1-21(13-14-7-8-16-17(11-14)25-10-9-24-16)18(22)12-20-19(23)15-5-3-2-4-6-15/h2-8,11H,9-10,12-13H2,1H3,(H,20,23). The molecule has 0 bridgehead atoms. The predicted molar refractivity (Wildman–Crippen MR) is 92.7 cm³/mol. The second-order valence-electron chi connectivity index (χ2n) is 5.78. The Hall–Kier alpha value is -3.02. The van der Waals surface area contributed by atoms with Gasteiger partial charge in [-0.05, 0) is 29.8 Å². The molecule has 1 heterocycles. The maximum atomic E-state index is 12.2. The minimum Gasteiger partial charge on any atom is -0.486 e. The number of amides is 2. The van der Waals surface area contributed by atoms with E-state index in [4.69, 9.17) is 9.47 Å². The van der Waals surface area contributed by atoms with E-state index in [-0.39, 0.29) is 18.4 Å². The number of benzene rings is 2. The monoisotopic (exact) mass is 340 g/mol. The smallest absolute Gasteiger partial charge is 0.251 e. The van der Waals surface area contributed by atoms with Gasteiger partial charge in [0.15, 0.2) is 11.5 Å². The molecule has 0 saturated heterocycles. The Morgan fingerprint density at radius 3 is 2.52 bits per heavy atom. The number of carbonyl (C=O) groups is 2. The number of hydrogen-bond acceptors (Lipinski definition) is 4. The third-order valence-corrected chi connectivity index (χ3v) is 3.89. The highest BCUT2D eigenvalue weighted by Gasteiger charge is 2.15. The summed E-state index contributed by atoms with van der Waals surface area (Å²) in [5, 5.41) is 2.64. The predicted octanol–water partition coefficient (Wildman–Crippen LogP) is 1.85. The molecule has 0 unspecified atom stereocenters. The van der Waals surface area contributed by atoms with Crippen molar-refractivity contribution in [3.63, 3.8) is 0 Å². The molecule has 0 atom stereocenters. The van der Waals surface area contributed by atoms with Crippen LogP contribution in [0.5, 0.6) is 11.5 Å². The van der Waals surface area contributed by atoms with Crippen molar-refractivity contribution in [3.05, 3.63) is 59.7 Å². The van der Waals surface area contributed by atoms with Crippen LogP contribution in [0.4, 0.5) is 0 Å². The number of fused-ring (bicyclic) bond motifs is 1. The van der Waals surface area contributed by atoms with E-state index in [0.717, 1.165) is 11.3 Å². The summed E-state index contributed by atoms with van der Waals surface area (Å²) in [5.74, 6) is 0.988. The van der Waals surface area contributed by atoms with Crippen molar-refractivity contribution in [2.24, 2.45) is 0 Å². The summed E-state index contributed by atoms with van der Waals surface area (Å²) in [6, 6.07) is 14.4. The van der Waals surface area contributed by atoms with Gasteiger partial charge in [0.2, 0.25) is 5.91 Å². The fourth-order valence-corrected chi connectivity index (χ4v) is 2.53. The molecule has 2 aromatic carbocycles. The van der Waals surface area contributed by atoms with Crippen LogP contribution in [0.3, 0.4) is 0 Å². The van der Waals surface area contributed by atoms with Gasteiger partial charge in [-0.25, -0.2) is 0 Å². The van der Waals surface area contributed by atoms with Crippen molar-refractivity contribution in [1.29, 1.82) is 0 Å². The molecule has 1 aliphatic rings. The van der Waals surface area contributed by atoms with Crippen molar-refractivity contribution in [3.8, 4) is 11.5 Å². The molecular weight excluding hydrogens is 320 g/mol. The van der Waals surface area contributed by atoms with E-state index < -0.39 is 0 Å². The quantitative estimate of drug-likeness (QED) is 0.902. The minimum absolute atomic E-state index is 0.0468. The number of nitrogens with one attached hydrogen (secondary N) is 1. The molecule has 0 spiro atoms. The van der Waals surface area contributed by atoms with Crippen LogP contribution in [0.2, 0.25) is 0 Å². The topological polar surface area (TPSA) is 67.9 Å². The van der Waals surface area contributed by atoms with Crippen LogP contribution in [0, 0.1) is 0 Å². The summed E-state index contributed by atoms with van der Waals surface area (Å²) in [6.45, 7) is 1.45. The van der Waals surface area contributed by atoms with Gasteiger partial charge in [0.25, 0.3) is 5.91 Å². The van der Waals surface area contributed by atoms with Gasteiger partial charge < -0.3 is 19.7 Å². The van der Waals surface area contributed by atoms with E-state index >= 15 is 0 Å². The van der Waals surface area contributed by atoms with E-state index in [1.165, 1.54) is 0 Å². The Labute approximate surface area is 146 Å². The zero-order chi connectivity index (χ0) is 17.6. The van der Waals surface area contributed by atoms with Crippen molar-refractivity contribution in [1.82, 2.24) is 10.2 Å². The molecule has 130 valence electrons. The first-order valence-electron chi connectivity index (χ1n) is 8.09. The lowest BCUT2D eigenvalue weighted by atomic mass is 10.2. The highest BCUT2D eigenvalue weighted by molar-refractivity contribution is 5.96. The van der Waals surface area contributed by atoms with Crippen molar-refractivity contribution in [2.45, 2.75) is 6.54 Å². The normalized spacial score (nSPS) is 12.4. The number of ether oxygens (including phenoxy) is 2. The third kappa shape index (κ3) is 4.29. The summed E-state index contributed by atoms with van der Waals surface area (Å²) < 4.78 is 11.0. The molecule has 2 aromatic rings. The molecule has 2 amide bonds. The Balaban J connectivity index is 1.53. The molecular formula is C19H20N2O4. The highest BCUT2D eigenvalue weighted by atomic mass is 16.6. The molecule has 0 fully saturated rings. The number of nitrogens with zero attached hydrogens (tertiary/aromatic N) is 1. The van der Waals surface area contributed by atoms with Gasteiger partial charge in [0.05, 0.1) is 6.54 Å². The summed E-state index contributed by atoms with van der Waals surface area (Å²) in [7, 11) is 1.70. The van der Waals surface area contributed by atoms with E-state index in [2.05, 4.69) is 5.32 Å². The van der Waals surface area contributed by atoms with Crippen LogP contribution in [0.15, 0.2) is 48.5 Å². The van der Waals surface area contributed by atoms with Gasteiger partial charge in [0.1, 0.15) is 13.2 Å². The van der Waals surface area contributed by atoms with Crippen molar-refractivity contribution >= 4 is 11.8 Å². The van der Waals surface area contributed by atoms with Crippen LogP contribution in [0.25, 0.3) is 0 Å². The van der Waals surface area contributed by atoms with Crippen molar-refractivity contribution < 1.29 is 19.1 Å². The fraction of sp³-hybridized carbons (Fsp3) is 0.263. The number of likely N-dealkylation sites (N-methyl/N-ethyl adjacent to an activating group) is 1. The molecule has 1 N–H and O–H groups in total. The SMILES string of the molecule is CN(Cc1ccc2c(c1)OCCO2)C(=O)CNC(=O)c1ccccc1. The second-order valence-corrected chi connectivity index (χ2v) is 5.78. The van der Waals surface area contributed by atoms with Crippen LogP contribution >= 0.6 is 0 Å². The molecule has 0 aromatic heterocycles. The van der Waals surface area contributed by atoms with Gasteiger partial charge in [-0.2, -0.15) is 0 Å². The highest BCUT2D eigenvalue weighted by Crippen LogP contribution is 2.30.